The fourth-order valence-electron chi connectivity index (χ4n) is 1.55. The van der Waals surface area contributed by atoms with Crippen molar-refractivity contribution in [2.45, 2.75) is 26.7 Å². The second-order valence-corrected chi connectivity index (χ2v) is 4.21. The van der Waals surface area contributed by atoms with Crippen LogP contribution in [-0.2, 0) is 9.53 Å². The number of carbonyl (C=O) groups is 1. The molecular formula is C11H15ClN4O4. The molecule has 0 amide bonds. The summed E-state index contributed by atoms with van der Waals surface area (Å²) in [7, 11) is 0. The second-order valence-electron chi connectivity index (χ2n) is 3.87. The molecule has 0 atom stereocenters. The molecule has 0 bridgehead atoms. The summed E-state index contributed by atoms with van der Waals surface area (Å²) in [6.45, 7) is 3.88. The average Bonchev–Trinajstić information content (AvgIpc) is 2.33. The van der Waals surface area contributed by atoms with Gasteiger partial charge in [-0.25, -0.2) is 4.98 Å². The van der Waals surface area contributed by atoms with Crippen LogP contribution in [0.2, 0.25) is 5.28 Å². The van der Waals surface area contributed by atoms with E-state index >= 15 is 0 Å². The molecule has 1 aromatic rings. The van der Waals surface area contributed by atoms with Gasteiger partial charge in [0.2, 0.25) is 11.1 Å². The van der Waals surface area contributed by atoms with Gasteiger partial charge in [-0.05, 0) is 31.9 Å². The lowest BCUT2D eigenvalue weighted by atomic mass is 10.3. The number of anilines is 1. The summed E-state index contributed by atoms with van der Waals surface area (Å²) in [5.41, 5.74) is -0.0339. The van der Waals surface area contributed by atoms with Crippen LogP contribution in [0, 0.1) is 17.0 Å². The van der Waals surface area contributed by atoms with Crippen LogP contribution < -0.4 is 5.32 Å². The number of halogens is 1. The van der Waals surface area contributed by atoms with Crippen LogP contribution in [0.25, 0.3) is 0 Å². The van der Waals surface area contributed by atoms with Crippen LogP contribution in [0.3, 0.4) is 0 Å². The van der Waals surface area contributed by atoms with Crippen LogP contribution in [0.5, 0.6) is 0 Å². The second kappa shape index (κ2) is 7.59. The van der Waals surface area contributed by atoms with Crippen molar-refractivity contribution in [3.05, 3.63) is 21.1 Å². The van der Waals surface area contributed by atoms with E-state index in [1.165, 1.54) is 6.92 Å². The molecule has 9 heteroatoms. The Labute approximate surface area is 120 Å². The standard InChI is InChI=1S/C11H15ClN4O4/c1-3-20-8(17)5-4-6-13-10-9(16(18)19)7(2)14-11(12)15-10/h3-6H2,1-2H3,(H,13,14,15). The highest BCUT2D eigenvalue weighted by atomic mass is 35.5. The normalized spacial score (nSPS) is 10.2. The van der Waals surface area contributed by atoms with E-state index in [2.05, 4.69) is 15.3 Å². The molecule has 0 aliphatic carbocycles. The third-order valence-corrected chi connectivity index (χ3v) is 2.54. The quantitative estimate of drug-likeness (QED) is 0.270. The number of nitro groups is 1. The third kappa shape index (κ3) is 4.61. The SMILES string of the molecule is CCOC(=O)CCCNc1nc(Cl)nc(C)c1[N+](=O)[O-]. The smallest absolute Gasteiger partial charge is 0.332 e. The zero-order valence-electron chi connectivity index (χ0n) is 11.2. The molecule has 0 aliphatic rings. The highest BCUT2D eigenvalue weighted by Gasteiger charge is 2.21. The maximum atomic E-state index is 11.1. The molecule has 1 rings (SSSR count). The monoisotopic (exact) mass is 302 g/mol. The average molecular weight is 303 g/mol. The lowest BCUT2D eigenvalue weighted by Crippen LogP contribution is -2.11. The Morgan fingerprint density at radius 2 is 2.20 bits per heavy atom. The number of esters is 1. The summed E-state index contributed by atoms with van der Waals surface area (Å²) in [6, 6.07) is 0. The van der Waals surface area contributed by atoms with Gasteiger partial charge in [-0.15, -0.1) is 0 Å². The van der Waals surface area contributed by atoms with Crippen LogP contribution >= 0.6 is 11.6 Å². The van der Waals surface area contributed by atoms with E-state index < -0.39 is 4.92 Å². The maximum Gasteiger partial charge on any atom is 0.332 e. The van der Waals surface area contributed by atoms with Crippen LogP contribution in [-0.4, -0.2) is 34.0 Å². The molecule has 0 unspecified atom stereocenters. The lowest BCUT2D eigenvalue weighted by Gasteiger charge is -2.07. The zero-order valence-corrected chi connectivity index (χ0v) is 11.9. The Hall–Kier alpha value is -1.96. The van der Waals surface area contributed by atoms with Crippen molar-refractivity contribution in [2.75, 3.05) is 18.5 Å². The lowest BCUT2D eigenvalue weighted by molar-refractivity contribution is -0.385. The molecule has 0 spiro atoms. The molecule has 110 valence electrons. The molecule has 0 fully saturated rings. The van der Waals surface area contributed by atoms with E-state index in [1.807, 2.05) is 0 Å². The molecule has 1 aromatic heterocycles. The maximum absolute atomic E-state index is 11.1. The molecule has 0 saturated carbocycles. The summed E-state index contributed by atoms with van der Waals surface area (Å²) in [6.07, 6.45) is 0.698. The molecule has 1 heterocycles. The minimum Gasteiger partial charge on any atom is -0.466 e. The van der Waals surface area contributed by atoms with Crippen molar-refractivity contribution >= 4 is 29.1 Å². The summed E-state index contributed by atoms with van der Waals surface area (Å²) in [5, 5.41) is 13.7. The Bertz CT molecular complexity index is 509. The Balaban J connectivity index is 2.64. The number of aromatic nitrogens is 2. The predicted octanol–water partition coefficient (Wildman–Crippen LogP) is 2.10. The van der Waals surface area contributed by atoms with Gasteiger partial charge in [0.25, 0.3) is 0 Å². The zero-order chi connectivity index (χ0) is 15.1. The van der Waals surface area contributed by atoms with E-state index in [9.17, 15) is 14.9 Å². The van der Waals surface area contributed by atoms with Gasteiger partial charge < -0.3 is 10.1 Å². The molecule has 8 nitrogen and oxygen atoms in total. The summed E-state index contributed by atoms with van der Waals surface area (Å²) >= 11 is 5.67. The van der Waals surface area contributed by atoms with Gasteiger partial charge in [-0.2, -0.15) is 4.98 Å². The van der Waals surface area contributed by atoms with E-state index in [1.54, 1.807) is 6.92 Å². The number of hydrogen-bond donors (Lipinski definition) is 1. The molecule has 0 aromatic carbocycles. The fraction of sp³-hybridized carbons (Fsp3) is 0.545. The number of carbonyl (C=O) groups excluding carboxylic acids is 1. The molecule has 0 saturated heterocycles. The van der Waals surface area contributed by atoms with Crippen LogP contribution in [0.15, 0.2) is 0 Å². The number of aryl methyl sites for hydroxylation is 1. The van der Waals surface area contributed by atoms with E-state index in [-0.39, 0.29) is 34.9 Å². The Kier molecular flexibility index (Phi) is 6.10. The highest BCUT2D eigenvalue weighted by Crippen LogP contribution is 2.26. The molecule has 0 radical (unpaired) electrons. The van der Waals surface area contributed by atoms with Crippen LogP contribution in [0.1, 0.15) is 25.5 Å². The Morgan fingerprint density at radius 3 is 2.80 bits per heavy atom. The first-order chi connectivity index (χ1) is 9.45. The van der Waals surface area contributed by atoms with Gasteiger partial charge in [0, 0.05) is 13.0 Å². The highest BCUT2D eigenvalue weighted by molar-refractivity contribution is 6.28. The third-order valence-electron chi connectivity index (χ3n) is 2.37. The van der Waals surface area contributed by atoms with E-state index in [0.29, 0.717) is 19.6 Å². The summed E-state index contributed by atoms with van der Waals surface area (Å²) in [4.78, 5) is 29.0. The number of rotatable bonds is 7. The molecule has 20 heavy (non-hydrogen) atoms. The molecule has 0 aliphatic heterocycles. The number of nitrogens with zero attached hydrogens (tertiary/aromatic N) is 3. The Morgan fingerprint density at radius 1 is 1.50 bits per heavy atom. The first-order valence-corrected chi connectivity index (χ1v) is 6.41. The van der Waals surface area contributed by atoms with Gasteiger partial charge in [0.1, 0.15) is 5.69 Å². The summed E-state index contributed by atoms with van der Waals surface area (Å²) < 4.78 is 4.77. The van der Waals surface area contributed by atoms with Gasteiger partial charge in [0.15, 0.2) is 0 Å². The molecular weight excluding hydrogens is 288 g/mol. The van der Waals surface area contributed by atoms with Gasteiger partial charge in [-0.1, -0.05) is 0 Å². The number of hydrogen-bond acceptors (Lipinski definition) is 7. The van der Waals surface area contributed by atoms with Gasteiger partial charge >= 0.3 is 11.7 Å². The first-order valence-electron chi connectivity index (χ1n) is 6.03. The van der Waals surface area contributed by atoms with Crippen molar-refractivity contribution in [3.8, 4) is 0 Å². The fourth-order valence-corrected chi connectivity index (χ4v) is 1.76. The van der Waals surface area contributed by atoms with Crippen molar-refractivity contribution in [1.29, 1.82) is 0 Å². The first kappa shape index (κ1) is 16.1. The number of nitrogens with one attached hydrogen (secondary N) is 1. The largest absolute Gasteiger partial charge is 0.466 e. The van der Waals surface area contributed by atoms with Crippen molar-refractivity contribution in [3.63, 3.8) is 0 Å². The van der Waals surface area contributed by atoms with Crippen molar-refractivity contribution < 1.29 is 14.5 Å². The van der Waals surface area contributed by atoms with E-state index in [4.69, 9.17) is 16.3 Å². The molecule has 1 N–H and O–H groups in total. The summed E-state index contributed by atoms with van der Waals surface area (Å²) in [5.74, 6) is -0.253. The van der Waals surface area contributed by atoms with Gasteiger partial charge in [-0.3, -0.25) is 14.9 Å². The van der Waals surface area contributed by atoms with Crippen LogP contribution in [0.4, 0.5) is 11.5 Å². The minimum absolute atomic E-state index is 0.0522. The topological polar surface area (TPSA) is 107 Å². The van der Waals surface area contributed by atoms with E-state index in [0.717, 1.165) is 0 Å². The van der Waals surface area contributed by atoms with Gasteiger partial charge in [0.05, 0.1) is 11.5 Å². The minimum atomic E-state index is -0.570. The van der Waals surface area contributed by atoms with Crippen molar-refractivity contribution in [2.24, 2.45) is 0 Å². The number of ether oxygens (including phenoxy) is 1. The predicted molar refractivity (Wildman–Crippen MR) is 72.8 cm³/mol. The van der Waals surface area contributed by atoms with Crippen molar-refractivity contribution in [1.82, 2.24) is 9.97 Å².